The van der Waals surface area contributed by atoms with Crippen LogP contribution in [-0.2, 0) is 30.7 Å². The number of rotatable bonds is 12. The van der Waals surface area contributed by atoms with Gasteiger partial charge in [-0.25, -0.2) is 14.8 Å². The Hall–Kier alpha value is -4.65. The van der Waals surface area contributed by atoms with Crippen LogP contribution in [0, 0.1) is 23.2 Å². The summed E-state index contributed by atoms with van der Waals surface area (Å²) >= 11 is 1.46. The molecule has 60 heavy (non-hydrogen) atoms. The van der Waals surface area contributed by atoms with Gasteiger partial charge in [-0.1, -0.05) is 43.4 Å². The van der Waals surface area contributed by atoms with Crippen LogP contribution < -0.4 is 15.5 Å². The number of nitrogens with zero attached hydrogens (tertiary/aromatic N) is 5. The van der Waals surface area contributed by atoms with Crippen molar-refractivity contribution in [1.82, 2.24) is 25.1 Å². The second-order valence-electron chi connectivity index (χ2n) is 20.4. The van der Waals surface area contributed by atoms with E-state index in [9.17, 15) is 14.7 Å². The molecule has 4 saturated carbocycles. The number of carbonyl (C=O) groups is 2. The summed E-state index contributed by atoms with van der Waals surface area (Å²) in [6.45, 7) is 16.3. The summed E-state index contributed by atoms with van der Waals surface area (Å²) in [5.41, 5.74) is 7.10. The zero-order chi connectivity index (χ0) is 42.2. The molecule has 0 radical (unpaired) electrons. The molecule has 2 aromatic carbocycles. The average Bonchev–Trinajstić information content (AvgIpc) is 3.73. The predicted molar refractivity (Wildman–Crippen MR) is 238 cm³/mol. The maximum absolute atomic E-state index is 14.1. The van der Waals surface area contributed by atoms with Crippen LogP contribution in [0.15, 0.2) is 54.7 Å². The molecule has 0 saturated heterocycles. The molecule has 4 fully saturated rings. The molecule has 3 aromatic heterocycles. The zero-order valence-electron chi connectivity index (χ0n) is 36.2. The number of ether oxygens (including phenoxy) is 1. The third kappa shape index (κ3) is 7.75. The zero-order valence-corrected chi connectivity index (χ0v) is 37.0. The Morgan fingerprint density at radius 1 is 0.967 bits per heavy atom. The van der Waals surface area contributed by atoms with Crippen molar-refractivity contribution in [3.8, 4) is 11.1 Å². The monoisotopic (exact) mass is 829 g/mol. The van der Waals surface area contributed by atoms with Crippen molar-refractivity contribution in [1.29, 1.82) is 0 Å². The number of benzene rings is 2. The minimum atomic E-state index is -1.08. The van der Waals surface area contributed by atoms with Crippen LogP contribution >= 0.6 is 11.3 Å². The lowest BCUT2D eigenvalue weighted by molar-refractivity contribution is -0.275. The van der Waals surface area contributed by atoms with Gasteiger partial charge in [0.1, 0.15) is 5.82 Å². The molecule has 0 spiro atoms. The largest absolute Gasteiger partial charge is 0.476 e. The maximum Gasteiger partial charge on any atom is 0.355 e. The predicted octanol–water partition coefficient (Wildman–Crippen LogP) is 9.46. The maximum atomic E-state index is 14.1. The second-order valence-corrected chi connectivity index (χ2v) is 21.4. The number of carbonyl (C=O) groups excluding carboxylic acids is 1. The van der Waals surface area contributed by atoms with E-state index in [0.717, 1.165) is 96.2 Å². The summed E-state index contributed by atoms with van der Waals surface area (Å²) in [7, 11) is 1.95. The Balaban J connectivity index is 0.990. The van der Waals surface area contributed by atoms with E-state index in [1.54, 1.807) is 0 Å². The fourth-order valence-electron chi connectivity index (χ4n) is 12.8. The summed E-state index contributed by atoms with van der Waals surface area (Å²) in [6.07, 6.45) is 11.1. The number of carboxylic acids is 1. The van der Waals surface area contributed by atoms with Crippen LogP contribution in [0.1, 0.15) is 123 Å². The van der Waals surface area contributed by atoms with Gasteiger partial charge in [0.15, 0.2) is 10.8 Å². The normalized spacial score (nSPS) is 25.8. The van der Waals surface area contributed by atoms with Crippen LogP contribution in [-0.4, -0.2) is 68.1 Å². The third-order valence-corrected chi connectivity index (χ3v) is 14.5. The lowest BCUT2D eigenvalue weighted by Crippen LogP contribution is -2.65. The molecular formula is C48H59N7O4S. The number of aryl methyl sites for hydroxylation is 1. The smallest absolute Gasteiger partial charge is 0.355 e. The number of anilines is 2. The van der Waals surface area contributed by atoms with Crippen molar-refractivity contribution in [3.05, 3.63) is 88.4 Å². The quantitative estimate of drug-likeness (QED) is 0.105. The van der Waals surface area contributed by atoms with Gasteiger partial charge in [-0.05, 0) is 162 Å². The third-order valence-electron chi connectivity index (χ3n) is 13.5. The number of hydrogen-bond acceptors (Lipinski definition) is 9. The van der Waals surface area contributed by atoms with Crippen LogP contribution in [0.5, 0.6) is 0 Å². The SMILES string of the molecule is CNCCCc1cc2c(c(C(=O)Nc3nc4ccccc4s3)c1)CN(c1ccc(-c3cnn(CC45CC6(C)CC(C)(C4)CC(OC(C)(C)C)(C6)C5)c3C)c(C(=O)O)n1)CC2. The molecule has 5 aromatic rings. The van der Waals surface area contributed by atoms with Gasteiger partial charge in [-0.15, -0.1) is 0 Å². The first-order valence-corrected chi connectivity index (χ1v) is 22.5. The number of fused-ring (bicyclic) bond motifs is 2. The Morgan fingerprint density at radius 3 is 2.45 bits per heavy atom. The van der Waals surface area contributed by atoms with Crippen LogP contribution in [0.4, 0.5) is 10.9 Å². The van der Waals surface area contributed by atoms with Crippen molar-refractivity contribution < 1.29 is 19.4 Å². The van der Waals surface area contributed by atoms with Gasteiger partial charge in [-0.2, -0.15) is 5.10 Å². The Bertz CT molecular complexity index is 2440. The number of hydrogen-bond donors (Lipinski definition) is 3. The van der Waals surface area contributed by atoms with Gasteiger partial charge in [-0.3, -0.25) is 14.8 Å². The first kappa shape index (κ1) is 40.7. The highest BCUT2D eigenvalue weighted by Gasteiger charge is 2.66. The minimum absolute atomic E-state index is 0.00184. The van der Waals surface area contributed by atoms with Gasteiger partial charge in [0.25, 0.3) is 5.91 Å². The van der Waals surface area contributed by atoms with Crippen LogP contribution in [0.25, 0.3) is 21.3 Å². The van der Waals surface area contributed by atoms with E-state index in [-0.39, 0.29) is 39.0 Å². The first-order valence-electron chi connectivity index (χ1n) is 21.6. The molecule has 4 aliphatic carbocycles. The molecule has 12 heteroatoms. The van der Waals surface area contributed by atoms with Crippen molar-refractivity contribution >= 4 is 44.4 Å². The topological polar surface area (TPSA) is 135 Å². The fraction of sp³-hybridized carbons (Fsp3) is 0.521. The van der Waals surface area contributed by atoms with E-state index in [1.165, 1.54) is 17.8 Å². The molecule has 11 nitrogen and oxygen atoms in total. The van der Waals surface area contributed by atoms with E-state index in [0.29, 0.717) is 41.6 Å². The molecular weight excluding hydrogens is 771 g/mol. The minimum Gasteiger partial charge on any atom is -0.476 e. The molecule has 10 rings (SSSR count). The molecule has 4 heterocycles. The van der Waals surface area contributed by atoms with Gasteiger partial charge in [0.05, 0.1) is 27.6 Å². The van der Waals surface area contributed by atoms with Crippen molar-refractivity contribution in [3.63, 3.8) is 0 Å². The van der Waals surface area contributed by atoms with Crippen LogP contribution in [0.3, 0.4) is 0 Å². The van der Waals surface area contributed by atoms with Crippen molar-refractivity contribution in [2.45, 2.75) is 124 Å². The first-order chi connectivity index (χ1) is 28.5. The summed E-state index contributed by atoms with van der Waals surface area (Å²) in [5, 5.41) is 22.5. The molecule has 5 aliphatic rings. The second kappa shape index (κ2) is 14.8. The lowest BCUT2D eigenvalue weighted by atomic mass is 9.39. The number of pyridine rings is 1. The highest BCUT2D eigenvalue weighted by Crippen LogP contribution is 2.72. The molecule has 1 aliphatic heterocycles. The van der Waals surface area contributed by atoms with E-state index in [1.807, 2.05) is 55.7 Å². The number of carboxylic acid groups (broad SMARTS) is 1. The van der Waals surface area contributed by atoms with Gasteiger partial charge >= 0.3 is 5.97 Å². The lowest BCUT2D eigenvalue weighted by Gasteiger charge is -2.70. The highest BCUT2D eigenvalue weighted by atomic mass is 32.1. The van der Waals surface area contributed by atoms with Gasteiger partial charge in [0, 0.05) is 42.0 Å². The average molecular weight is 830 g/mol. The number of aromatic nitrogens is 4. The summed E-state index contributed by atoms with van der Waals surface area (Å²) < 4.78 is 10.1. The summed E-state index contributed by atoms with van der Waals surface area (Å²) in [6, 6.07) is 15.9. The number of aromatic carboxylic acids is 1. The Morgan fingerprint density at radius 2 is 1.73 bits per heavy atom. The number of para-hydroxylation sites is 1. The van der Waals surface area contributed by atoms with E-state index < -0.39 is 5.97 Å². The summed E-state index contributed by atoms with van der Waals surface area (Å²) in [5.74, 6) is -0.707. The number of nitrogens with one attached hydrogen (secondary N) is 2. The van der Waals surface area contributed by atoms with Gasteiger partial charge in [0.2, 0.25) is 0 Å². The van der Waals surface area contributed by atoms with Crippen molar-refractivity contribution in [2.75, 3.05) is 30.4 Å². The number of amides is 1. The molecule has 316 valence electrons. The molecule has 2 atom stereocenters. The molecule has 1 amide bonds. The van der Waals surface area contributed by atoms with E-state index in [2.05, 4.69) is 72.8 Å². The van der Waals surface area contributed by atoms with Crippen molar-refractivity contribution in [2.24, 2.45) is 16.2 Å². The van der Waals surface area contributed by atoms with E-state index >= 15 is 0 Å². The molecule has 4 bridgehead atoms. The van der Waals surface area contributed by atoms with E-state index in [4.69, 9.17) is 14.8 Å². The Labute approximate surface area is 357 Å². The summed E-state index contributed by atoms with van der Waals surface area (Å²) in [4.78, 5) is 38.7. The van der Waals surface area contributed by atoms with Crippen LogP contribution in [0.2, 0.25) is 0 Å². The Kier molecular flexibility index (Phi) is 10.0. The number of thiazole rings is 1. The fourth-order valence-corrected chi connectivity index (χ4v) is 13.6. The molecule has 2 unspecified atom stereocenters. The molecule has 3 N–H and O–H groups in total. The highest BCUT2D eigenvalue weighted by molar-refractivity contribution is 7.22. The standard InChI is InChI=1S/C48H59N7O4S/c1-30-35(21-50-55(30)29-47-24-45(5)23-46(6,25-47)27-48(26-45,28-47)59-44(2,3)4)33-14-15-39(52-40(33)42(57)58)54-18-16-32-19-31(11-10-17-49-7)20-34(36(32)22-54)41(56)53-43-51-37-12-8-9-13-38(37)60-43/h8-9,12-15,19-21,49H,10-11,16-18,22-29H2,1-7H3,(H,57,58)(H,51,53,56). The van der Waals surface area contributed by atoms with Gasteiger partial charge < -0.3 is 20.1 Å².